The van der Waals surface area contributed by atoms with Gasteiger partial charge < -0.3 is 5.11 Å². The van der Waals surface area contributed by atoms with Crippen LogP contribution < -0.4 is 0 Å². The number of carbonyl (C=O) groups is 1. The van der Waals surface area contributed by atoms with E-state index >= 15 is 0 Å². The quantitative estimate of drug-likeness (QED) is 0.844. The maximum absolute atomic E-state index is 10.7. The average Bonchev–Trinajstić information content (AvgIpc) is 2.05. The number of ketones is 1. The van der Waals surface area contributed by atoms with Crippen LogP contribution in [0.1, 0.15) is 18.6 Å². The Morgan fingerprint density at radius 2 is 1.83 bits per heavy atom. The van der Waals surface area contributed by atoms with Gasteiger partial charge in [0, 0.05) is 44.1 Å². The van der Waals surface area contributed by atoms with Crippen LogP contribution in [0.3, 0.4) is 0 Å². The fourth-order valence-corrected chi connectivity index (χ4v) is 0.870. The number of aliphatic hydroxyl groups is 1. The van der Waals surface area contributed by atoms with Gasteiger partial charge >= 0.3 is 0 Å². The molecule has 0 bridgehead atoms. The summed E-state index contributed by atoms with van der Waals surface area (Å²) in [4.78, 5) is 10.7. The van der Waals surface area contributed by atoms with Crippen LogP contribution in [-0.2, 0) is 4.79 Å². The van der Waals surface area contributed by atoms with E-state index < -0.39 is 6.10 Å². The van der Waals surface area contributed by atoms with Gasteiger partial charge in [-0.1, -0.05) is 30.3 Å². The number of hydrogen-bond donors (Lipinski definition) is 1. The average molecular weight is 377 g/mol. The molecule has 0 aliphatic rings. The molecular formula is C9H10AcO2. The summed E-state index contributed by atoms with van der Waals surface area (Å²) in [6.07, 6.45) is -0.962. The number of rotatable bonds is 2. The minimum absolute atomic E-state index is 0. The standard InChI is InChI=1S/C9H10O2.Ac/c1-7(10)9(11)8-5-3-2-4-6-8;/h2-6,9,11H,1H3;. The fourth-order valence-electron chi connectivity index (χ4n) is 0.870. The Bertz CT molecular complexity index is 246. The first-order valence-electron chi connectivity index (χ1n) is 3.45. The third-order valence-corrected chi connectivity index (χ3v) is 1.50. The van der Waals surface area contributed by atoms with E-state index in [1.165, 1.54) is 6.92 Å². The normalized spacial score (nSPS) is 11.5. The summed E-state index contributed by atoms with van der Waals surface area (Å²) in [7, 11) is 0. The van der Waals surface area contributed by atoms with Gasteiger partial charge in [-0.25, -0.2) is 0 Å². The van der Waals surface area contributed by atoms with E-state index in [1.807, 2.05) is 6.07 Å². The first-order chi connectivity index (χ1) is 5.22. The molecule has 0 saturated heterocycles. The van der Waals surface area contributed by atoms with E-state index in [2.05, 4.69) is 0 Å². The van der Waals surface area contributed by atoms with E-state index in [0.29, 0.717) is 5.56 Å². The molecule has 61 valence electrons. The Morgan fingerprint density at radius 3 is 2.25 bits per heavy atom. The molecule has 0 spiro atoms. The van der Waals surface area contributed by atoms with Gasteiger partial charge in [-0.05, 0) is 12.5 Å². The van der Waals surface area contributed by atoms with Crippen molar-refractivity contribution in [2.24, 2.45) is 0 Å². The molecule has 1 N–H and O–H groups in total. The SMILES string of the molecule is CC(=O)C(O)c1ccccc1.[Ac]. The molecule has 0 aliphatic heterocycles. The third-order valence-electron chi connectivity index (χ3n) is 1.50. The Balaban J connectivity index is 0.00000121. The van der Waals surface area contributed by atoms with Gasteiger partial charge in [0.25, 0.3) is 0 Å². The fraction of sp³-hybridized carbons (Fsp3) is 0.222. The molecule has 1 unspecified atom stereocenters. The molecule has 0 aliphatic carbocycles. The Morgan fingerprint density at radius 1 is 1.33 bits per heavy atom. The van der Waals surface area contributed by atoms with Gasteiger partial charge in [-0.15, -0.1) is 0 Å². The van der Waals surface area contributed by atoms with E-state index in [0.717, 1.165) is 0 Å². The Labute approximate surface area is 108 Å². The minimum atomic E-state index is -0.962. The smallest absolute Gasteiger partial charge is 0.162 e. The van der Waals surface area contributed by atoms with Crippen molar-refractivity contribution < 1.29 is 54.0 Å². The van der Waals surface area contributed by atoms with Crippen LogP contribution in [0.2, 0.25) is 0 Å². The second-order valence-corrected chi connectivity index (χ2v) is 2.42. The summed E-state index contributed by atoms with van der Waals surface area (Å²) in [5.41, 5.74) is 0.653. The first-order valence-corrected chi connectivity index (χ1v) is 3.45. The predicted molar refractivity (Wildman–Crippen MR) is 42.1 cm³/mol. The molecule has 0 heterocycles. The molecule has 1 atom stereocenters. The van der Waals surface area contributed by atoms with Gasteiger partial charge in [0.15, 0.2) is 5.78 Å². The van der Waals surface area contributed by atoms with Crippen molar-refractivity contribution in [3.63, 3.8) is 0 Å². The molecule has 0 saturated carbocycles. The molecule has 1 radical (unpaired) electrons. The molecular weight excluding hydrogens is 367 g/mol. The molecule has 0 amide bonds. The van der Waals surface area contributed by atoms with Crippen LogP contribution in [0.5, 0.6) is 0 Å². The zero-order valence-corrected chi connectivity index (χ0v) is 11.6. The van der Waals surface area contributed by atoms with Gasteiger partial charge in [-0.2, -0.15) is 0 Å². The van der Waals surface area contributed by atoms with Gasteiger partial charge in [0.05, 0.1) is 0 Å². The maximum atomic E-state index is 10.7. The van der Waals surface area contributed by atoms with Crippen LogP contribution >= 0.6 is 0 Å². The van der Waals surface area contributed by atoms with Crippen LogP contribution in [0.15, 0.2) is 30.3 Å². The maximum Gasteiger partial charge on any atom is 0.162 e. The molecule has 1 aromatic carbocycles. The Kier molecular flexibility index (Phi) is 6.00. The number of hydrogen-bond acceptors (Lipinski definition) is 2. The topological polar surface area (TPSA) is 37.3 Å². The molecule has 2 nitrogen and oxygen atoms in total. The zero-order valence-electron chi connectivity index (χ0n) is 6.90. The van der Waals surface area contributed by atoms with Crippen LogP contribution in [0, 0.1) is 44.1 Å². The minimum Gasteiger partial charge on any atom is -0.381 e. The van der Waals surface area contributed by atoms with Crippen molar-refractivity contribution in [1.29, 1.82) is 0 Å². The summed E-state index contributed by atoms with van der Waals surface area (Å²) in [6, 6.07) is 8.89. The number of benzene rings is 1. The summed E-state index contributed by atoms with van der Waals surface area (Å²) in [5.74, 6) is -0.226. The van der Waals surface area contributed by atoms with E-state index in [1.54, 1.807) is 24.3 Å². The molecule has 0 aromatic heterocycles. The zero-order chi connectivity index (χ0) is 8.27. The summed E-state index contributed by atoms with van der Waals surface area (Å²) in [5, 5.41) is 9.25. The van der Waals surface area contributed by atoms with Gasteiger partial charge in [-0.3, -0.25) is 4.79 Å². The van der Waals surface area contributed by atoms with E-state index in [4.69, 9.17) is 0 Å². The second-order valence-electron chi connectivity index (χ2n) is 2.42. The monoisotopic (exact) mass is 377 g/mol. The van der Waals surface area contributed by atoms with E-state index in [-0.39, 0.29) is 49.8 Å². The molecule has 0 fully saturated rings. The van der Waals surface area contributed by atoms with Crippen molar-refractivity contribution >= 4 is 5.78 Å². The van der Waals surface area contributed by atoms with Gasteiger partial charge in [0.1, 0.15) is 6.10 Å². The largest absolute Gasteiger partial charge is 0.381 e. The Hall–Kier alpha value is 0.292. The van der Waals surface area contributed by atoms with E-state index in [9.17, 15) is 9.90 Å². The number of aliphatic hydroxyl groups excluding tert-OH is 1. The van der Waals surface area contributed by atoms with Crippen LogP contribution in [-0.4, -0.2) is 10.9 Å². The predicted octanol–water partition coefficient (Wildman–Crippen LogP) is 1.31. The first kappa shape index (κ1) is 12.3. The summed E-state index contributed by atoms with van der Waals surface area (Å²) in [6.45, 7) is 1.37. The second kappa shape index (κ2) is 5.86. The molecule has 3 heteroatoms. The molecule has 1 aromatic rings. The van der Waals surface area contributed by atoms with Crippen LogP contribution in [0.4, 0.5) is 0 Å². The number of Topliss-reactive ketones (excluding diaryl/α,β-unsaturated/α-hetero) is 1. The third kappa shape index (κ3) is 3.35. The molecule has 1 rings (SSSR count). The van der Waals surface area contributed by atoms with Crippen molar-refractivity contribution in [3.05, 3.63) is 35.9 Å². The van der Waals surface area contributed by atoms with Crippen molar-refractivity contribution in [2.45, 2.75) is 13.0 Å². The van der Waals surface area contributed by atoms with Crippen molar-refractivity contribution in [3.8, 4) is 0 Å². The van der Waals surface area contributed by atoms with Crippen LogP contribution in [0.25, 0.3) is 0 Å². The number of carbonyl (C=O) groups excluding carboxylic acids is 1. The van der Waals surface area contributed by atoms with Gasteiger partial charge in [0.2, 0.25) is 0 Å². The van der Waals surface area contributed by atoms with Crippen molar-refractivity contribution in [2.75, 3.05) is 0 Å². The van der Waals surface area contributed by atoms with Crippen molar-refractivity contribution in [1.82, 2.24) is 0 Å². The summed E-state index contributed by atoms with van der Waals surface area (Å²) >= 11 is 0. The molecule has 12 heavy (non-hydrogen) atoms. The summed E-state index contributed by atoms with van der Waals surface area (Å²) < 4.78 is 0.